The number of nitrogen functional groups attached to an aromatic ring is 1. The van der Waals surface area contributed by atoms with Gasteiger partial charge in [-0.05, 0) is 53.2 Å². The van der Waals surface area contributed by atoms with Gasteiger partial charge < -0.3 is 30.6 Å². The molecule has 0 radical (unpaired) electrons. The maximum atomic E-state index is 13.3. The smallest absolute Gasteiger partial charge is 0.256 e. The third kappa shape index (κ3) is 5.75. The molecular formula is C28H36N6O6. The van der Waals surface area contributed by atoms with Gasteiger partial charge in [0.25, 0.3) is 11.8 Å². The molecule has 0 bridgehead atoms. The number of hydrogen-bond acceptors (Lipinski definition) is 8. The Balaban J connectivity index is 2.11. The van der Waals surface area contributed by atoms with E-state index >= 15 is 0 Å². The number of carbonyl (C=O) groups excluding carboxylic acids is 4. The minimum absolute atomic E-state index is 0.0197. The zero-order valence-corrected chi connectivity index (χ0v) is 23.8. The summed E-state index contributed by atoms with van der Waals surface area (Å²) in [6.07, 6.45) is 0. The predicted molar refractivity (Wildman–Crippen MR) is 151 cm³/mol. The number of fused-ring (bicyclic) bond motifs is 2. The topological polar surface area (TPSA) is 168 Å². The highest BCUT2D eigenvalue weighted by molar-refractivity contribution is 6.09. The number of amides is 4. The zero-order valence-electron chi connectivity index (χ0n) is 23.8. The second-order valence-corrected chi connectivity index (χ2v) is 9.24. The molecule has 12 nitrogen and oxygen atoms in total. The minimum Gasteiger partial charge on any atom is -0.452 e. The fourth-order valence-electron chi connectivity index (χ4n) is 4.48. The number of carbonyl (C=O) groups is 4. The number of benzene rings is 2. The largest absolute Gasteiger partial charge is 0.452 e. The van der Waals surface area contributed by atoms with Gasteiger partial charge in [-0.2, -0.15) is 0 Å². The lowest BCUT2D eigenvalue weighted by Crippen LogP contribution is -2.40. The molecule has 40 heavy (non-hydrogen) atoms. The van der Waals surface area contributed by atoms with Crippen LogP contribution in [0.2, 0.25) is 0 Å². The predicted octanol–water partition coefficient (Wildman–Crippen LogP) is 1.69. The monoisotopic (exact) mass is 552 g/mol. The molecule has 1 aliphatic heterocycles. The van der Waals surface area contributed by atoms with Gasteiger partial charge in [0.1, 0.15) is 11.2 Å². The summed E-state index contributed by atoms with van der Waals surface area (Å²) in [4.78, 5) is 72.0. The molecule has 0 saturated carbocycles. The number of hydrogen-bond donors (Lipinski definition) is 3. The van der Waals surface area contributed by atoms with Gasteiger partial charge in [-0.15, -0.1) is 0 Å². The standard InChI is InChI=1S/C28H36N6O6/c1-7-33(8-2)18(35)13-30-27(38)17-12-11-15(5)25-22(17)32-23-20(21(29)24(37)16(6)26(23)40-25)28(39)31-14-19(36)34(9-3)10-4/h11-12H,7-10,13-14,29H2,1-6H3,(H,30,38)(H,31,39). The molecule has 4 amide bonds. The molecule has 12 heteroatoms. The summed E-state index contributed by atoms with van der Waals surface area (Å²) in [5.41, 5.74) is 6.18. The van der Waals surface area contributed by atoms with Crippen LogP contribution in [0.5, 0.6) is 0 Å². The van der Waals surface area contributed by atoms with E-state index in [1.165, 1.54) is 6.92 Å². The van der Waals surface area contributed by atoms with Gasteiger partial charge in [0.05, 0.1) is 29.9 Å². The molecule has 214 valence electrons. The van der Waals surface area contributed by atoms with Crippen LogP contribution in [0.15, 0.2) is 21.3 Å². The molecule has 1 aliphatic carbocycles. The number of anilines is 1. The molecule has 0 fully saturated rings. The van der Waals surface area contributed by atoms with Crippen molar-refractivity contribution in [3.8, 4) is 11.5 Å². The van der Waals surface area contributed by atoms with E-state index in [4.69, 9.17) is 10.2 Å². The summed E-state index contributed by atoms with van der Waals surface area (Å²) < 4.78 is 6.09. The summed E-state index contributed by atoms with van der Waals surface area (Å²) in [6, 6.07) is 3.21. The van der Waals surface area contributed by atoms with E-state index in [2.05, 4.69) is 15.6 Å². The van der Waals surface area contributed by atoms with Gasteiger partial charge in [0.15, 0.2) is 11.3 Å². The van der Waals surface area contributed by atoms with Crippen molar-refractivity contribution in [3.05, 3.63) is 44.6 Å². The second-order valence-electron chi connectivity index (χ2n) is 9.24. The summed E-state index contributed by atoms with van der Waals surface area (Å²) in [6.45, 7) is 12.1. The molecule has 0 aromatic heterocycles. The van der Waals surface area contributed by atoms with Crippen molar-refractivity contribution < 1.29 is 23.6 Å². The van der Waals surface area contributed by atoms with E-state index in [9.17, 15) is 24.0 Å². The van der Waals surface area contributed by atoms with E-state index in [1.54, 1.807) is 28.9 Å². The quantitative estimate of drug-likeness (QED) is 0.252. The van der Waals surface area contributed by atoms with Crippen LogP contribution < -0.4 is 21.8 Å². The first-order valence-corrected chi connectivity index (χ1v) is 13.3. The van der Waals surface area contributed by atoms with Crippen LogP contribution in [0.3, 0.4) is 0 Å². The normalized spacial score (nSPS) is 10.9. The van der Waals surface area contributed by atoms with Gasteiger partial charge in [-0.3, -0.25) is 24.0 Å². The Labute approximate surface area is 232 Å². The van der Waals surface area contributed by atoms with Crippen LogP contribution in [-0.4, -0.2) is 77.7 Å². The fourth-order valence-corrected chi connectivity index (χ4v) is 4.48. The second kappa shape index (κ2) is 12.6. The number of aromatic nitrogens is 1. The fraction of sp³-hybridized carbons (Fsp3) is 0.429. The molecule has 1 aromatic rings. The SMILES string of the molecule is CCN(CC)C(=O)CNC(=O)c1c2nc3c(C(=O)NCC(=O)N(CC)CC)ccc(C)c3oc-2c(C)c(=O)c1N. The summed E-state index contributed by atoms with van der Waals surface area (Å²) in [5.74, 6) is -1.82. The maximum absolute atomic E-state index is 13.3. The first kappa shape index (κ1) is 30.1. The van der Waals surface area contributed by atoms with Crippen molar-refractivity contribution in [1.82, 2.24) is 25.4 Å². The van der Waals surface area contributed by atoms with E-state index in [-0.39, 0.29) is 69.8 Å². The van der Waals surface area contributed by atoms with Crippen LogP contribution in [0.25, 0.3) is 22.6 Å². The van der Waals surface area contributed by atoms with Crippen molar-refractivity contribution >= 4 is 40.4 Å². The zero-order chi connectivity index (χ0) is 29.7. The highest BCUT2D eigenvalue weighted by atomic mass is 16.3. The Kier molecular flexibility index (Phi) is 9.46. The van der Waals surface area contributed by atoms with Crippen molar-refractivity contribution in [3.63, 3.8) is 0 Å². The summed E-state index contributed by atoms with van der Waals surface area (Å²) in [7, 11) is 0. The first-order valence-electron chi connectivity index (χ1n) is 13.3. The highest BCUT2D eigenvalue weighted by Crippen LogP contribution is 2.34. The maximum Gasteiger partial charge on any atom is 0.256 e. The third-order valence-corrected chi connectivity index (χ3v) is 6.91. The van der Waals surface area contributed by atoms with Crippen LogP contribution in [-0.2, 0) is 9.59 Å². The van der Waals surface area contributed by atoms with Gasteiger partial charge in [0, 0.05) is 31.7 Å². The Morgan fingerprint density at radius 2 is 1.40 bits per heavy atom. The third-order valence-electron chi connectivity index (χ3n) is 6.91. The number of nitrogens with zero attached hydrogens (tertiary/aromatic N) is 3. The van der Waals surface area contributed by atoms with Crippen molar-refractivity contribution in [2.24, 2.45) is 0 Å². The average molecular weight is 553 g/mol. The van der Waals surface area contributed by atoms with Crippen molar-refractivity contribution in [2.75, 3.05) is 45.0 Å². The molecule has 0 spiro atoms. The molecule has 1 aromatic carbocycles. The number of rotatable bonds is 10. The molecule has 0 atom stereocenters. The van der Waals surface area contributed by atoms with Crippen LogP contribution >= 0.6 is 0 Å². The Morgan fingerprint density at radius 3 is 1.93 bits per heavy atom. The Bertz CT molecular complexity index is 1490. The van der Waals surface area contributed by atoms with E-state index < -0.39 is 17.2 Å². The lowest BCUT2D eigenvalue weighted by Gasteiger charge is -2.20. The molecule has 2 aliphatic rings. The molecule has 0 unspecified atom stereocenters. The van der Waals surface area contributed by atoms with Crippen LogP contribution in [0.1, 0.15) is 59.5 Å². The summed E-state index contributed by atoms with van der Waals surface area (Å²) >= 11 is 0. The Hall–Kier alpha value is -4.48. The van der Waals surface area contributed by atoms with E-state index in [0.29, 0.717) is 31.7 Å². The van der Waals surface area contributed by atoms with Gasteiger partial charge >= 0.3 is 0 Å². The van der Waals surface area contributed by atoms with Gasteiger partial charge in [-0.25, -0.2) is 4.98 Å². The van der Waals surface area contributed by atoms with E-state index in [0.717, 1.165) is 0 Å². The van der Waals surface area contributed by atoms with E-state index in [1.807, 2.05) is 27.7 Å². The highest BCUT2D eigenvalue weighted by Gasteiger charge is 2.29. The molecule has 1 heterocycles. The lowest BCUT2D eigenvalue weighted by atomic mass is 9.99. The number of likely N-dealkylation sites (N-methyl/N-ethyl adjacent to an activating group) is 2. The Morgan fingerprint density at radius 1 is 0.875 bits per heavy atom. The van der Waals surface area contributed by atoms with Gasteiger partial charge in [0.2, 0.25) is 17.2 Å². The summed E-state index contributed by atoms with van der Waals surface area (Å²) in [5, 5.41) is 5.15. The van der Waals surface area contributed by atoms with Crippen molar-refractivity contribution in [1.29, 1.82) is 0 Å². The number of aryl methyl sites for hydroxylation is 1. The van der Waals surface area contributed by atoms with Gasteiger partial charge in [-0.1, -0.05) is 6.07 Å². The molecule has 0 saturated heterocycles. The molecular weight excluding hydrogens is 516 g/mol. The van der Waals surface area contributed by atoms with Crippen LogP contribution in [0, 0.1) is 13.8 Å². The average Bonchev–Trinajstić information content (AvgIpc) is 2.94. The lowest BCUT2D eigenvalue weighted by molar-refractivity contribution is -0.130. The first-order chi connectivity index (χ1) is 19.0. The molecule has 4 N–H and O–H groups in total. The minimum atomic E-state index is -0.773. The molecule has 3 rings (SSSR count). The number of nitrogens with one attached hydrogen (secondary N) is 2. The number of nitrogens with two attached hydrogens (primary N) is 1. The van der Waals surface area contributed by atoms with Crippen molar-refractivity contribution in [2.45, 2.75) is 41.5 Å². The van der Waals surface area contributed by atoms with Crippen LogP contribution in [0.4, 0.5) is 5.69 Å².